The first-order valence-corrected chi connectivity index (χ1v) is 10.7. The van der Waals surface area contributed by atoms with Crippen LogP contribution in [0, 0.1) is 5.82 Å². The van der Waals surface area contributed by atoms with Gasteiger partial charge in [0.15, 0.2) is 0 Å². The monoisotopic (exact) mass is 435 g/mol. The van der Waals surface area contributed by atoms with Crippen LogP contribution in [-0.2, 0) is 17.9 Å². The van der Waals surface area contributed by atoms with Gasteiger partial charge in [0.05, 0.1) is 36.6 Å². The van der Waals surface area contributed by atoms with E-state index in [2.05, 4.69) is 10.6 Å². The highest BCUT2D eigenvalue weighted by Crippen LogP contribution is 2.23. The third-order valence-corrected chi connectivity index (χ3v) is 5.75. The number of amides is 2. The Morgan fingerprint density at radius 3 is 2.25 bits per heavy atom. The summed E-state index contributed by atoms with van der Waals surface area (Å²) in [6.07, 6.45) is 0. The summed E-state index contributed by atoms with van der Waals surface area (Å²) >= 11 is 0. The van der Waals surface area contributed by atoms with E-state index in [1.54, 1.807) is 18.2 Å². The van der Waals surface area contributed by atoms with Crippen LogP contribution < -0.4 is 10.6 Å². The second-order valence-corrected chi connectivity index (χ2v) is 7.95. The van der Waals surface area contributed by atoms with Gasteiger partial charge in [0.1, 0.15) is 11.5 Å². The molecule has 0 spiro atoms. The minimum atomic E-state index is -0.327. The molecule has 2 aromatic carbocycles. The molecule has 166 valence electrons. The molecule has 7 heteroatoms. The first kappa shape index (κ1) is 21.8. The number of benzene rings is 2. The minimum Gasteiger partial charge on any atom is -0.373 e. The van der Waals surface area contributed by atoms with Crippen LogP contribution in [0.1, 0.15) is 63.6 Å². The van der Waals surface area contributed by atoms with Gasteiger partial charge in [-0.3, -0.25) is 9.59 Å². The molecule has 3 aromatic rings. The van der Waals surface area contributed by atoms with Crippen molar-refractivity contribution in [3.05, 3.63) is 94.6 Å². The van der Waals surface area contributed by atoms with E-state index >= 15 is 0 Å². The van der Waals surface area contributed by atoms with Crippen molar-refractivity contribution in [1.29, 1.82) is 0 Å². The summed E-state index contributed by atoms with van der Waals surface area (Å²) in [6.45, 7) is 4.99. The molecule has 0 aliphatic carbocycles. The molecule has 1 aliphatic rings. The molecule has 2 heterocycles. The minimum absolute atomic E-state index is 0.175. The molecule has 0 radical (unpaired) electrons. The van der Waals surface area contributed by atoms with Crippen molar-refractivity contribution in [2.75, 3.05) is 6.61 Å². The van der Waals surface area contributed by atoms with E-state index < -0.39 is 0 Å². The van der Waals surface area contributed by atoms with Gasteiger partial charge in [0, 0.05) is 6.54 Å². The molecule has 0 fully saturated rings. The Morgan fingerprint density at radius 2 is 1.56 bits per heavy atom. The molecule has 0 saturated carbocycles. The molecular formula is C25H26FN3O3. The van der Waals surface area contributed by atoms with Crippen molar-refractivity contribution >= 4 is 11.8 Å². The van der Waals surface area contributed by atoms with Crippen LogP contribution in [0.5, 0.6) is 0 Å². The smallest absolute Gasteiger partial charge is 0.268 e. The Bertz CT molecular complexity index is 1110. The fourth-order valence-corrected chi connectivity index (χ4v) is 3.91. The van der Waals surface area contributed by atoms with E-state index in [1.165, 1.54) is 12.1 Å². The summed E-state index contributed by atoms with van der Waals surface area (Å²) in [5, 5.41) is 5.96. The molecule has 4 rings (SSSR count). The number of nitrogens with zero attached hydrogens (tertiary/aromatic N) is 1. The van der Waals surface area contributed by atoms with Gasteiger partial charge in [-0.1, -0.05) is 42.5 Å². The van der Waals surface area contributed by atoms with E-state index in [-0.39, 0.29) is 36.3 Å². The number of ether oxygens (including phenoxy) is 1. The summed E-state index contributed by atoms with van der Waals surface area (Å²) in [6, 6.07) is 16.9. The highest BCUT2D eigenvalue weighted by Gasteiger charge is 2.27. The van der Waals surface area contributed by atoms with E-state index in [4.69, 9.17) is 4.74 Å². The molecule has 0 unspecified atom stereocenters. The number of rotatable bonds is 6. The van der Waals surface area contributed by atoms with E-state index in [0.29, 0.717) is 30.1 Å². The standard InChI is InChI=1S/C25H26FN3O3/c1-16(18-6-4-3-5-7-18)28-25(31)22-14-21(23-15-32-13-12-29(22)23)24(30)27-17(2)19-8-10-20(26)11-9-19/h3-11,14,16-17H,12-13,15H2,1-2H3,(H,27,30)(H,28,31)/t16-,17-/m1/s1. The second-order valence-electron chi connectivity index (χ2n) is 7.95. The summed E-state index contributed by atoms with van der Waals surface area (Å²) in [5.41, 5.74) is 3.32. The van der Waals surface area contributed by atoms with Crippen LogP contribution >= 0.6 is 0 Å². The topological polar surface area (TPSA) is 72.4 Å². The Labute approximate surface area is 186 Å². The van der Waals surface area contributed by atoms with Gasteiger partial charge >= 0.3 is 0 Å². The number of hydrogen-bond acceptors (Lipinski definition) is 3. The highest BCUT2D eigenvalue weighted by atomic mass is 19.1. The number of hydrogen-bond donors (Lipinski definition) is 2. The number of aromatic nitrogens is 1. The van der Waals surface area contributed by atoms with Crippen molar-refractivity contribution in [1.82, 2.24) is 15.2 Å². The first-order chi connectivity index (χ1) is 15.4. The summed E-state index contributed by atoms with van der Waals surface area (Å²) < 4.78 is 20.6. The normalized spacial score (nSPS) is 14.8. The van der Waals surface area contributed by atoms with Crippen molar-refractivity contribution in [3.8, 4) is 0 Å². The Morgan fingerprint density at radius 1 is 0.938 bits per heavy atom. The molecule has 0 bridgehead atoms. The zero-order valence-electron chi connectivity index (χ0n) is 18.1. The van der Waals surface area contributed by atoms with E-state index in [1.807, 2.05) is 48.7 Å². The lowest BCUT2D eigenvalue weighted by molar-refractivity contribution is 0.0775. The molecule has 1 aromatic heterocycles. The maximum absolute atomic E-state index is 13.2. The maximum atomic E-state index is 13.2. The number of halogens is 1. The zero-order chi connectivity index (χ0) is 22.7. The largest absolute Gasteiger partial charge is 0.373 e. The number of nitrogens with one attached hydrogen (secondary N) is 2. The molecule has 2 N–H and O–H groups in total. The van der Waals surface area contributed by atoms with Gasteiger partial charge < -0.3 is 19.9 Å². The summed E-state index contributed by atoms with van der Waals surface area (Å²) in [5.74, 6) is -0.868. The SMILES string of the molecule is C[C@@H](NC(=O)c1cc(C(=O)N[C@H](C)c2ccccc2)n2c1COCC2)c1ccc(F)cc1. The van der Waals surface area contributed by atoms with Crippen molar-refractivity contribution in [2.24, 2.45) is 0 Å². The lowest BCUT2D eigenvalue weighted by atomic mass is 10.1. The molecular weight excluding hydrogens is 409 g/mol. The molecule has 1 aliphatic heterocycles. The molecule has 32 heavy (non-hydrogen) atoms. The maximum Gasteiger partial charge on any atom is 0.268 e. The molecule has 2 atom stereocenters. The number of fused-ring (bicyclic) bond motifs is 1. The van der Waals surface area contributed by atoms with Crippen LogP contribution in [-0.4, -0.2) is 23.0 Å². The lowest BCUT2D eigenvalue weighted by Crippen LogP contribution is -2.30. The lowest BCUT2D eigenvalue weighted by Gasteiger charge is -2.21. The fourth-order valence-electron chi connectivity index (χ4n) is 3.91. The van der Waals surface area contributed by atoms with Crippen LogP contribution in [0.4, 0.5) is 4.39 Å². The summed E-state index contributed by atoms with van der Waals surface area (Å²) in [4.78, 5) is 26.1. The highest BCUT2D eigenvalue weighted by molar-refractivity contribution is 6.01. The molecule has 0 saturated heterocycles. The Balaban J connectivity index is 1.55. The third kappa shape index (κ3) is 4.57. The van der Waals surface area contributed by atoms with Crippen molar-refractivity contribution in [2.45, 2.75) is 39.1 Å². The predicted octanol–water partition coefficient (Wildman–Crippen LogP) is 4.14. The Kier molecular flexibility index (Phi) is 6.37. The van der Waals surface area contributed by atoms with Crippen molar-refractivity contribution < 1.29 is 18.7 Å². The van der Waals surface area contributed by atoms with Crippen LogP contribution in [0.2, 0.25) is 0 Å². The fraction of sp³-hybridized carbons (Fsp3) is 0.280. The van der Waals surface area contributed by atoms with Gasteiger partial charge in [-0.2, -0.15) is 0 Å². The zero-order valence-corrected chi connectivity index (χ0v) is 18.1. The van der Waals surface area contributed by atoms with Gasteiger partial charge in [-0.25, -0.2) is 4.39 Å². The average molecular weight is 435 g/mol. The molecule has 2 amide bonds. The molecule has 6 nitrogen and oxygen atoms in total. The quantitative estimate of drug-likeness (QED) is 0.611. The van der Waals surface area contributed by atoms with Gasteiger partial charge in [0.2, 0.25) is 0 Å². The Hall–Kier alpha value is -3.45. The van der Waals surface area contributed by atoms with Gasteiger partial charge in [-0.15, -0.1) is 0 Å². The third-order valence-electron chi connectivity index (χ3n) is 5.75. The van der Waals surface area contributed by atoms with Crippen molar-refractivity contribution in [3.63, 3.8) is 0 Å². The average Bonchev–Trinajstić information content (AvgIpc) is 3.20. The predicted molar refractivity (Wildman–Crippen MR) is 119 cm³/mol. The number of carbonyl (C=O) groups excluding carboxylic acids is 2. The number of carbonyl (C=O) groups is 2. The van der Waals surface area contributed by atoms with E-state index in [0.717, 1.165) is 11.1 Å². The first-order valence-electron chi connectivity index (χ1n) is 10.7. The van der Waals surface area contributed by atoms with Crippen LogP contribution in [0.15, 0.2) is 60.7 Å². The second kappa shape index (κ2) is 9.36. The van der Waals surface area contributed by atoms with E-state index in [9.17, 15) is 14.0 Å². The summed E-state index contributed by atoms with van der Waals surface area (Å²) in [7, 11) is 0. The van der Waals surface area contributed by atoms with Gasteiger partial charge in [0.25, 0.3) is 11.8 Å². The van der Waals surface area contributed by atoms with Crippen LogP contribution in [0.3, 0.4) is 0 Å². The van der Waals surface area contributed by atoms with Crippen LogP contribution in [0.25, 0.3) is 0 Å². The van der Waals surface area contributed by atoms with Gasteiger partial charge in [-0.05, 0) is 43.2 Å².